The Kier molecular flexibility index (Phi) is 4.74. The van der Waals surface area contributed by atoms with Gasteiger partial charge < -0.3 is 15.0 Å². The summed E-state index contributed by atoms with van der Waals surface area (Å²) in [4.78, 5) is 32.8. The molecule has 0 saturated carbocycles. The standard InChI is InChI=1S/C20H13F3N4O3/c21-20(22,23)12-3-1-2-11(10-12)18(28)25-13-4-6-14(7-5-13)30-15-8-9-24-17-16(15)26-19(29)27-17/h1-10H,(H,25,28)(H2,24,26,27,29). The van der Waals surface area contributed by atoms with E-state index in [0.717, 1.165) is 12.1 Å². The predicted molar refractivity (Wildman–Crippen MR) is 103 cm³/mol. The van der Waals surface area contributed by atoms with Crippen molar-refractivity contribution >= 4 is 22.8 Å². The molecule has 30 heavy (non-hydrogen) atoms. The van der Waals surface area contributed by atoms with Gasteiger partial charge in [0, 0.05) is 23.5 Å². The lowest BCUT2D eigenvalue weighted by atomic mass is 10.1. The summed E-state index contributed by atoms with van der Waals surface area (Å²) in [5, 5.41) is 2.54. The first-order valence-corrected chi connectivity index (χ1v) is 8.63. The number of nitrogens with one attached hydrogen (secondary N) is 3. The third-order valence-electron chi connectivity index (χ3n) is 4.18. The SMILES string of the molecule is O=C(Nc1ccc(Oc2ccnc3[nH]c(=O)[nH]c23)cc1)c1cccc(C(F)(F)F)c1. The highest BCUT2D eigenvalue weighted by Crippen LogP contribution is 2.30. The van der Waals surface area contributed by atoms with Crippen LogP contribution in [0.25, 0.3) is 11.2 Å². The molecule has 0 bridgehead atoms. The van der Waals surface area contributed by atoms with Crippen LogP contribution >= 0.6 is 0 Å². The second-order valence-corrected chi connectivity index (χ2v) is 6.27. The first-order chi connectivity index (χ1) is 14.3. The predicted octanol–water partition coefficient (Wildman–Crippen LogP) is 4.31. The van der Waals surface area contributed by atoms with Crippen LogP contribution in [0.3, 0.4) is 0 Å². The van der Waals surface area contributed by atoms with Gasteiger partial charge in [0.15, 0.2) is 11.4 Å². The van der Waals surface area contributed by atoms with Crippen LogP contribution < -0.4 is 15.7 Å². The largest absolute Gasteiger partial charge is 0.455 e. The molecule has 0 aliphatic rings. The number of ether oxygens (including phenoxy) is 1. The summed E-state index contributed by atoms with van der Waals surface area (Å²) in [5.74, 6) is 0.122. The van der Waals surface area contributed by atoms with Gasteiger partial charge in [-0.05, 0) is 42.5 Å². The number of H-pyrrole nitrogens is 2. The quantitative estimate of drug-likeness (QED) is 0.463. The van der Waals surface area contributed by atoms with Gasteiger partial charge in [0.2, 0.25) is 0 Å². The molecule has 7 nitrogen and oxygen atoms in total. The zero-order chi connectivity index (χ0) is 21.3. The van der Waals surface area contributed by atoms with Crippen molar-refractivity contribution in [1.82, 2.24) is 15.0 Å². The van der Waals surface area contributed by atoms with Gasteiger partial charge in [0.25, 0.3) is 5.91 Å². The van der Waals surface area contributed by atoms with Crippen molar-refractivity contribution < 1.29 is 22.7 Å². The average molecular weight is 414 g/mol. The van der Waals surface area contributed by atoms with Crippen LogP contribution in [0.4, 0.5) is 18.9 Å². The number of benzene rings is 2. The summed E-state index contributed by atoms with van der Waals surface area (Å²) in [6.45, 7) is 0. The summed E-state index contributed by atoms with van der Waals surface area (Å²) in [5.41, 5.74) is -0.293. The lowest BCUT2D eigenvalue weighted by Gasteiger charge is -2.10. The van der Waals surface area contributed by atoms with Crippen LogP contribution in [0.15, 0.2) is 65.6 Å². The summed E-state index contributed by atoms with van der Waals surface area (Å²) in [6.07, 6.45) is -3.05. The smallest absolute Gasteiger partial charge is 0.416 e. The van der Waals surface area contributed by atoms with E-state index in [4.69, 9.17) is 4.74 Å². The Morgan fingerprint density at radius 3 is 2.53 bits per heavy atom. The summed E-state index contributed by atoms with van der Waals surface area (Å²) < 4.78 is 44.2. The number of anilines is 1. The number of aromatic amines is 2. The fraction of sp³-hybridized carbons (Fsp3) is 0.0500. The maximum atomic E-state index is 12.8. The highest BCUT2D eigenvalue weighted by Gasteiger charge is 2.30. The summed E-state index contributed by atoms with van der Waals surface area (Å²) >= 11 is 0. The van der Waals surface area contributed by atoms with Gasteiger partial charge in [0.05, 0.1) is 5.56 Å². The van der Waals surface area contributed by atoms with Gasteiger partial charge in [-0.2, -0.15) is 13.2 Å². The maximum Gasteiger partial charge on any atom is 0.416 e. The molecule has 0 aliphatic heterocycles. The highest BCUT2D eigenvalue weighted by molar-refractivity contribution is 6.04. The van der Waals surface area contributed by atoms with Crippen molar-refractivity contribution in [3.8, 4) is 11.5 Å². The van der Waals surface area contributed by atoms with Crippen LogP contribution in [-0.4, -0.2) is 20.9 Å². The number of amides is 1. The van der Waals surface area contributed by atoms with Crippen LogP contribution in [0, 0.1) is 0 Å². The second-order valence-electron chi connectivity index (χ2n) is 6.27. The molecule has 2 aromatic carbocycles. The molecule has 0 spiro atoms. The van der Waals surface area contributed by atoms with Gasteiger partial charge in [0.1, 0.15) is 11.3 Å². The van der Waals surface area contributed by atoms with Crippen LogP contribution in [0.2, 0.25) is 0 Å². The number of imidazole rings is 1. The molecule has 0 unspecified atom stereocenters. The third-order valence-corrected chi connectivity index (χ3v) is 4.18. The number of fused-ring (bicyclic) bond motifs is 1. The number of carbonyl (C=O) groups excluding carboxylic acids is 1. The zero-order valence-corrected chi connectivity index (χ0v) is 15.1. The van der Waals surface area contributed by atoms with Crippen molar-refractivity contribution in [3.05, 3.63) is 82.4 Å². The number of nitrogens with zero attached hydrogens (tertiary/aromatic N) is 1. The summed E-state index contributed by atoms with van der Waals surface area (Å²) in [6, 6.07) is 12.0. The number of hydrogen-bond donors (Lipinski definition) is 3. The van der Waals surface area contributed by atoms with Crippen LogP contribution in [-0.2, 0) is 6.18 Å². The molecule has 0 fully saturated rings. The van der Waals surface area contributed by atoms with E-state index in [0.29, 0.717) is 28.4 Å². The van der Waals surface area contributed by atoms with Gasteiger partial charge in [-0.15, -0.1) is 0 Å². The molecule has 10 heteroatoms. The third kappa shape index (κ3) is 4.02. The minimum Gasteiger partial charge on any atom is -0.455 e. The molecule has 0 aliphatic carbocycles. The fourth-order valence-corrected chi connectivity index (χ4v) is 2.77. The molecule has 0 saturated heterocycles. The van der Waals surface area contributed by atoms with Gasteiger partial charge in [-0.1, -0.05) is 6.07 Å². The molecular formula is C20H13F3N4O3. The normalized spacial score (nSPS) is 11.4. The molecule has 152 valence electrons. The Morgan fingerprint density at radius 1 is 1.03 bits per heavy atom. The number of halogens is 3. The molecule has 4 aromatic rings. The van der Waals surface area contributed by atoms with Gasteiger partial charge >= 0.3 is 11.9 Å². The maximum absolute atomic E-state index is 12.8. The first-order valence-electron chi connectivity index (χ1n) is 8.63. The molecular weight excluding hydrogens is 401 g/mol. The van der Waals surface area contributed by atoms with E-state index >= 15 is 0 Å². The Bertz CT molecular complexity index is 1280. The van der Waals surface area contributed by atoms with Crippen molar-refractivity contribution in [2.45, 2.75) is 6.18 Å². The van der Waals surface area contributed by atoms with E-state index in [1.54, 1.807) is 30.3 Å². The van der Waals surface area contributed by atoms with Crippen molar-refractivity contribution in [3.63, 3.8) is 0 Å². The molecule has 0 atom stereocenters. The highest BCUT2D eigenvalue weighted by atomic mass is 19.4. The topological polar surface area (TPSA) is 99.9 Å². The van der Waals surface area contributed by atoms with Gasteiger partial charge in [-0.25, -0.2) is 9.78 Å². The zero-order valence-electron chi connectivity index (χ0n) is 15.1. The molecule has 1 amide bonds. The Morgan fingerprint density at radius 2 is 1.80 bits per heavy atom. The van der Waals surface area contributed by atoms with Crippen LogP contribution in [0.5, 0.6) is 11.5 Å². The minimum absolute atomic E-state index is 0.110. The first kappa shape index (κ1) is 19.2. The number of pyridine rings is 1. The van der Waals surface area contributed by atoms with Crippen molar-refractivity contribution in [2.24, 2.45) is 0 Å². The summed E-state index contributed by atoms with van der Waals surface area (Å²) in [7, 11) is 0. The van der Waals surface area contributed by atoms with Crippen molar-refractivity contribution in [2.75, 3.05) is 5.32 Å². The molecule has 2 heterocycles. The Labute approximate surface area is 166 Å². The Hall–Kier alpha value is -4.08. The number of carbonyl (C=O) groups is 1. The monoisotopic (exact) mass is 414 g/mol. The number of aromatic nitrogens is 3. The van der Waals surface area contributed by atoms with E-state index < -0.39 is 23.3 Å². The molecule has 3 N–H and O–H groups in total. The van der Waals surface area contributed by atoms with E-state index in [9.17, 15) is 22.8 Å². The fourth-order valence-electron chi connectivity index (χ4n) is 2.77. The lowest BCUT2D eigenvalue weighted by Crippen LogP contribution is -2.13. The second kappa shape index (κ2) is 7.39. The van der Waals surface area contributed by atoms with Gasteiger partial charge in [-0.3, -0.25) is 9.78 Å². The average Bonchev–Trinajstić information content (AvgIpc) is 3.10. The number of hydrogen-bond acceptors (Lipinski definition) is 4. The molecule has 2 aromatic heterocycles. The van der Waals surface area contributed by atoms with Crippen molar-refractivity contribution in [1.29, 1.82) is 0 Å². The van der Waals surface area contributed by atoms with E-state index in [1.807, 2.05) is 0 Å². The lowest BCUT2D eigenvalue weighted by molar-refractivity contribution is -0.137. The minimum atomic E-state index is -4.53. The van der Waals surface area contributed by atoms with E-state index in [-0.39, 0.29) is 5.56 Å². The molecule has 0 radical (unpaired) electrons. The van der Waals surface area contributed by atoms with E-state index in [2.05, 4.69) is 20.3 Å². The number of alkyl halides is 3. The van der Waals surface area contributed by atoms with E-state index in [1.165, 1.54) is 18.3 Å². The molecule has 4 rings (SSSR count). The number of rotatable bonds is 4. The van der Waals surface area contributed by atoms with Crippen LogP contribution in [0.1, 0.15) is 15.9 Å². The Balaban J connectivity index is 1.49.